The Bertz CT molecular complexity index is 1710. The van der Waals surface area contributed by atoms with E-state index in [2.05, 4.69) is 145 Å². The zero-order chi connectivity index (χ0) is 25.0. The molecule has 0 aliphatic carbocycles. The molecule has 0 bridgehead atoms. The smallest absolute Gasteiger partial charge is 0.366 e. The monoisotopic (exact) mass is 684 g/mol. The molecule has 0 N–H and O–H groups in total. The first-order valence-corrected chi connectivity index (χ1v) is 13.7. The zero-order valence-corrected chi connectivity index (χ0v) is 23.7. The van der Waals surface area contributed by atoms with E-state index in [1.54, 1.807) is 0 Å². The summed E-state index contributed by atoms with van der Waals surface area (Å²) in [6.07, 6.45) is 7.41. The van der Waals surface area contributed by atoms with Crippen LogP contribution in [-0.4, -0.2) is 0 Å². The summed E-state index contributed by atoms with van der Waals surface area (Å²) in [7, 11) is -0.446. The molecule has 7 rings (SSSR count). The summed E-state index contributed by atoms with van der Waals surface area (Å²) in [5.41, 5.74) is 0.862. The summed E-state index contributed by atoms with van der Waals surface area (Å²) in [6.45, 7) is 0. The van der Waals surface area contributed by atoms with Crippen molar-refractivity contribution in [2.45, 2.75) is 0 Å². The van der Waals surface area contributed by atoms with Gasteiger partial charge in [-0.2, -0.15) is 0 Å². The van der Waals surface area contributed by atoms with Crippen LogP contribution in [0.4, 0.5) is 0 Å². The first-order chi connectivity index (χ1) is 18.3. The number of hydrogen-bond acceptors (Lipinski definition) is 0. The van der Waals surface area contributed by atoms with Gasteiger partial charge in [0.25, 0.3) is 0 Å². The second-order valence-corrected chi connectivity index (χ2v) is 11.2. The Morgan fingerprint density at radius 1 is 0.421 bits per heavy atom. The second kappa shape index (κ2) is 11.8. The van der Waals surface area contributed by atoms with Gasteiger partial charge in [-0.25, -0.2) is 0 Å². The minimum atomic E-state index is -0.446. The molecule has 0 aromatic heterocycles. The minimum absolute atomic E-state index is 0. The van der Waals surface area contributed by atoms with Crippen LogP contribution in [0.3, 0.4) is 0 Å². The van der Waals surface area contributed by atoms with Gasteiger partial charge in [-0.1, -0.05) is 145 Å². The summed E-state index contributed by atoms with van der Waals surface area (Å²) in [5.74, 6) is 2.53. The van der Waals surface area contributed by atoms with Crippen molar-refractivity contribution < 1.29 is 22.4 Å². The maximum absolute atomic E-state index is 7.41. The van der Waals surface area contributed by atoms with E-state index >= 15 is 0 Å². The van der Waals surface area contributed by atoms with Crippen LogP contribution in [0.5, 0.6) is 0 Å². The maximum Gasteiger partial charge on any atom is 1.00 e. The fourth-order valence-electron chi connectivity index (χ4n) is 5.02. The van der Waals surface area contributed by atoms with Gasteiger partial charge in [0.2, 0.25) is 0 Å². The fraction of sp³-hybridized carbons (Fsp3) is 0. The molecule has 0 spiro atoms. The van der Waals surface area contributed by atoms with Crippen molar-refractivity contribution in [1.82, 2.24) is 0 Å². The first kappa shape index (κ1) is 25.9. The topological polar surface area (TPSA) is 0 Å². The van der Waals surface area contributed by atoms with Crippen LogP contribution in [0, 0.1) is 12.3 Å². The van der Waals surface area contributed by atoms with Gasteiger partial charge >= 0.3 is 22.4 Å². The Kier molecular flexibility index (Phi) is 8.05. The van der Waals surface area contributed by atoms with E-state index in [1.807, 2.05) is 6.07 Å². The molecule has 0 aliphatic rings. The minimum Gasteiger partial charge on any atom is -0.366 e. The molecular formula is C36H24AuP. The Morgan fingerprint density at radius 3 is 1.32 bits per heavy atom. The number of rotatable bonds is 3. The van der Waals surface area contributed by atoms with Gasteiger partial charge in [0.05, 0.1) is 0 Å². The van der Waals surface area contributed by atoms with Gasteiger partial charge < -0.3 is 6.42 Å². The van der Waals surface area contributed by atoms with Crippen molar-refractivity contribution in [2.24, 2.45) is 0 Å². The average Bonchev–Trinajstić information content (AvgIpc) is 2.98. The van der Waals surface area contributed by atoms with E-state index in [0.29, 0.717) is 0 Å². The standard InChI is InChI=1S/C18H15P.C18H9.Au/c1-4-10-16(11-5-1)19(17-12-6-2-7-13-17)18-14-8-3-9-15-18;1-2-12-6-7-15-9-8-13-4-3-5-14-10-11-16(12)18(15)17(13)14;/h1-15H;3-11H;/q;-1;+1. The molecule has 0 radical (unpaired) electrons. The molecule has 38 heavy (non-hydrogen) atoms. The third-order valence-electron chi connectivity index (χ3n) is 6.71. The van der Waals surface area contributed by atoms with Crippen molar-refractivity contribution in [3.05, 3.63) is 158 Å². The molecule has 7 aromatic rings. The summed E-state index contributed by atoms with van der Waals surface area (Å²) in [5, 5.41) is 11.6. The Morgan fingerprint density at radius 2 is 0.842 bits per heavy atom. The Labute approximate surface area is 240 Å². The van der Waals surface area contributed by atoms with Crippen LogP contribution in [0.15, 0.2) is 146 Å². The van der Waals surface area contributed by atoms with Gasteiger partial charge in [0.15, 0.2) is 0 Å². The molecule has 0 saturated carbocycles. The molecule has 0 atom stereocenters. The Hall–Kier alpha value is -3.69. The van der Waals surface area contributed by atoms with Crippen molar-refractivity contribution >= 4 is 56.2 Å². The van der Waals surface area contributed by atoms with E-state index in [4.69, 9.17) is 6.42 Å². The van der Waals surface area contributed by atoms with E-state index in [9.17, 15) is 0 Å². The van der Waals surface area contributed by atoms with E-state index in [-0.39, 0.29) is 22.4 Å². The number of hydrogen-bond donors (Lipinski definition) is 0. The molecule has 0 heterocycles. The quantitative estimate of drug-likeness (QED) is 0.0583. The normalized spacial score (nSPS) is 10.6. The molecule has 2 heteroatoms. The van der Waals surface area contributed by atoms with Gasteiger partial charge in [0, 0.05) is 0 Å². The van der Waals surface area contributed by atoms with Crippen molar-refractivity contribution in [3.63, 3.8) is 0 Å². The summed E-state index contributed by atoms with van der Waals surface area (Å²) >= 11 is 0. The van der Waals surface area contributed by atoms with Crippen LogP contribution in [0.1, 0.15) is 5.56 Å². The predicted molar refractivity (Wildman–Crippen MR) is 162 cm³/mol. The third-order valence-corrected chi connectivity index (χ3v) is 9.15. The zero-order valence-electron chi connectivity index (χ0n) is 20.6. The van der Waals surface area contributed by atoms with Crippen molar-refractivity contribution in [2.75, 3.05) is 0 Å². The van der Waals surface area contributed by atoms with Crippen LogP contribution >= 0.6 is 7.92 Å². The molecule has 184 valence electrons. The molecule has 0 aliphatic heterocycles. The van der Waals surface area contributed by atoms with Crippen molar-refractivity contribution in [3.8, 4) is 5.92 Å². The predicted octanol–water partition coefficient (Wildman–Crippen LogP) is 7.96. The molecule has 0 unspecified atom stereocenters. The maximum atomic E-state index is 7.41. The van der Waals surface area contributed by atoms with Gasteiger partial charge in [0.1, 0.15) is 0 Å². The second-order valence-electron chi connectivity index (χ2n) is 8.94. The summed E-state index contributed by atoms with van der Waals surface area (Å²) in [6, 6.07) is 51.3. The van der Waals surface area contributed by atoms with Crippen LogP contribution in [-0.2, 0) is 22.4 Å². The largest absolute Gasteiger partial charge is 1.00 e. The third kappa shape index (κ3) is 5.04. The van der Waals surface area contributed by atoms with E-state index in [0.717, 1.165) is 10.9 Å². The van der Waals surface area contributed by atoms with Crippen LogP contribution in [0.2, 0.25) is 0 Å². The fourth-order valence-corrected chi connectivity index (χ4v) is 7.33. The van der Waals surface area contributed by atoms with E-state index < -0.39 is 7.92 Å². The van der Waals surface area contributed by atoms with Crippen LogP contribution in [0.25, 0.3) is 32.3 Å². The Balaban J connectivity index is 0.000000151. The molecule has 0 saturated heterocycles. The molecule has 7 aromatic carbocycles. The summed E-state index contributed by atoms with van der Waals surface area (Å²) in [4.78, 5) is 0. The molecule has 0 amide bonds. The van der Waals surface area contributed by atoms with Gasteiger partial charge in [-0.05, 0) is 50.8 Å². The summed E-state index contributed by atoms with van der Waals surface area (Å²) < 4.78 is 0. The molecule has 0 fully saturated rings. The average molecular weight is 685 g/mol. The SMILES string of the molecule is [Au+].[C-]#Cc1ccc2ccc3cccc4ccc1c2c34.c1ccc(P(c2ccccc2)c2ccccc2)cc1. The van der Waals surface area contributed by atoms with Gasteiger partial charge in [-0.15, -0.1) is 11.6 Å². The number of benzene rings is 7. The van der Waals surface area contributed by atoms with Crippen LogP contribution < -0.4 is 15.9 Å². The molecular weight excluding hydrogens is 660 g/mol. The molecule has 0 nitrogen and oxygen atoms in total. The first-order valence-electron chi connectivity index (χ1n) is 12.4. The van der Waals surface area contributed by atoms with Gasteiger partial charge in [-0.3, -0.25) is 5.92 Å². The van der Waals surface area contributed by atoms with E-state index in [1.165, 1.54) is 42.8 Å². The van der Waals surface area contributed by atoms with Crippen molar-refractivity contribution in [1.29, 1.82) is 0 Å².